The maximum atomic E-state index is 10.4. The van der Waals surface area contributed by atoms with E-state index in [2.05, 4.69) is 15.2 Å². The van der Waals surface area contributed by atoms with Crippen molar-refractivity contribution in [2.24, 2.45) is 0 Å². The Bertz CT molecular complexity index is 445. The van der Waals surface area contributed by atoms with Crippen LogP contribution in [0.5, 0.6) is 0 Å². The van der Waals surface area contributed by atoms with Crippen LogP contribution in [0.1, 0.15) is 12.1 Å². The minimum Gasteiger partial charge on any atom is -0.481 e. The fraction of sp³-hybridized carbons (Fsp3) is 0.200. The number of rotatable bonds is 4. The molecule has 5 heteroatoms. The number of carboxylic acid groups (broad SMARTS) is 1. The summed E-state index contributed by atoms with van der Waals surface area (Å²) in [4.78, 5) is 13.3. The number of nitrogens with one attached hydrogen (secondary N) is 2. The minimum absolute atomic E-state index is 0.120. The molecule has 2 aromatic heterocycles. The van der Waals surface area contributed by atoms with Crippen molar-refractivity contribution in [1.82, 2.24) is 15.2 Å². The van der Waals surface area contributed by atoms with Gasteiger partial charge in [-0.15, -0.1) is 0 Å². The quantitative estimate of drug-likeness (QED) is 0.706. The molecule has 0 saturated carbocycles. The second-order valence-corrected chi connectivity index (χ2v) is 3.27. The molecule has 0 amide bonds. The van der Waals surface area contributed by atoms with Crippen LogP contribution in [0.4, 0.5) is 0 Å². The van der Waals surface area contributed by atoms with E-state index in [4.69, 9.17) is 5.11 Å². The molecule has 15 heavy (non-hydrogen) atoms. The molecule has 0 bridgehead atoms. The molecule has 0 saturated heterocycles. The number of hydrogen-bond donors (Lipinski definition) is 3. The van der Waals surface area contributed by atoms with Crippen LogP contribution < -0.4 is 0 Å². The molecule has 0 aromatic carbocycles. The number of aromatic nitrogens is 3. The SMILES string of the molecule is O=C(O)CCc1cc(-c2cc[nH]c2)n[nH]1. The van der Waals surface area contributed by atoms with E-state index in [-0.39, 0.29) is 6.42 Å². The molecule has 2 aromatic rings. The summed E-state index contributed by atoms with van der Waals surface area (Å²) in [5.41, 5.74) is 2.66. The highest BCUT2D eigenvalue weighted by atomic mass is 16.4. The van der Waals surface area contributed by atoms with E-state index in [1.54, 1.807) is 0 Å². The number of carboxylic acids is 1. The molecule has 5 nitrogen and oxygen atoms in total. The van der Waals surface area contributed by atoms with Gasteiger partial charge >= 0.3 is 5.97 Å². The number of carbonyl (C=O) groups is 1. The van der Waals surface area contributed by atoms with Gasteiger partial charge < -0.3 is 10.1 Å². The van der Waals surface area contributed by atoms with E-state index in [1.807, 2.05) is 24.5 Å². The summed E-state index contributed by atoms with van der Waals surface area (Å²) < 4.78 is 0. The molecule has 0 aliphatic carbocycles. The molecular weight excluding hydrogens is 194 g/mol. The van der Waals surface area contributed by atoms with Crippen molar-refractivity contribution in [3.63, 3.8) is 0 Å². The van der Waals surface area contributed by atoms with Gasteiger partial charge in [-0.25, -0.2) is 0 Å². The van der Waals surface area contributed by atoms with Gasteiger partial charge in [0.05, 0.1) is 12.1 Å². The lowest BCUT2D eigenvalue weighted by molar-refractivity contribution is -0.136. The Morgan fingerprint density at radius 3 is 3.07 bits per heavy atom. The molecule has 0 aliphatic heterocycles. The lowest BCUT2D eigenvalue weighted by atomic mass is 10.2. The van der Waals surface area contributed by atoms with E-state index in [1.165, 1.54) is 0 Å². The fourth-order valence-corrected chi connectivity index (χ4v) is 1.36. The second kappa shape index (κ2) is 4.00. The van der Waals surface area contributed by atoms with E-state index in [0.29, 0.717) is 6.42 Å². The largest absolute Gasteiger partial charge is 0.481 e. The summed E-state index contributed by atoms with van der Waals surface area (Å²) in [5, 5.41) is 15.4. The van der Waals surface area contributed by atoms with Gasteiger partial charge in [-0.3, -0.25) is 9.89 Å². The zero-order valence-corrected chi connectivity index (χ0v) is 8.03. The molecule has 2 rings (SSSR count). The summed E-state index contributed by atoms with van der Waals surface area (Å²) in [6.07, 6.45) is 4.26. The minimum atomic E-state index is -0.798. The van der Waals surface area contributed by atoms with E-state index >= 15 is 0 Å². The smallest absolute Gasteiger partial charge is 0.303 e. The van der Waals surface area contributed by atoms with Crippen LogP contribution in [-0.2, 0) is 11.2 Å². The number of H-pyrrole nitrogens is 2. The topological polar surface area (TPSA) is 81.8 Å². The number of nitrogens with zero attached hydrogens (tertiary/aromatic N) is 1. The van der Waals surface area contributed by atoms with Crippen LogP contribution >= 0.6 is 0 Å². The van der Waals surface area contributed by atoms with Gasteiger partial charge in [-0.05, 0) is 18.6 Å². The number of aromatic amines is 2. The van der Waals surface area contributed by atoms with Gasteiger partial charge in [0.15, 0.2) is 0 Å². The standard InChI is InChI=1S/C10H11N3O2/c14-10(15)2-1-8-5-9(13-12-8)7-3-4-11-6-7/h3-6,11H,1-2H2,(H,12,13)(H,14,15). The third kappa shape index (κ3) is 2.25. The lowest BCUT2D eigenvalue weighted by Gasteiger charge is -1.90. The maximum absolute atomic E-state index is 10.4. The van der Waals surface area contributed by atoms with Crippen molar-refractivity contribution >= 4 is 5.97 Å². The van der Waals surface area contributed by atoms with Crippen molar-refractivity contribution in [3.8, 4) is 11.3 Å². The van der Waals surface area contributed by atoms with Gasteiger partial charge in [0, 0.05) is 23.7 Å². The predicted octanol–water partition coefficient (Wildman–Crippen LogP) is 1.42. The van der Waals surface area contributed by atoms with Crippen molar-refractivity contribution in [1.29, 1.82) is 0 Å². The number of aliphatic carboxylic acids is 1. The van der Waals surface area contributed by atoms with Crippen LogP contribution in [0.15, 0.2) is 24.5 Å². The van der Waals surface area contributed by atoms with Gasteiger partial charge in [-0.1, -0.05) is 0 Å². The highest BCUT2D eigenvalue weighted by molar-refractivity contribution is 5.67. The summed E-state index contributed by atoms with van der Waals surface area (Å²) >= 11 is 0. The summed E-state index contributed by atoms with van der Waals surface area (Å²) in [7, 11) is 0. The van der Waals surface area contributed by atoms with Crippen LogP contribution in [0.25, 0.3) is 11.3 Å². The van der Waals surface area contributed by atoms with Gasteiger partial charge in [0.1, 0.15) is 0 Å². The third-order valence-electron chi connectivity index (χ3n) is 2.13. The highest BCUT2D eigenvalue weighted by Crippen LogP contribution is 2.16. The molecule has 0 atom stereocenters. The van der Waals surface area contributed by atoms with E-state index < -0.39 is 5.97 Å². The number of hydrogen-bond acceptors (Lipinski definition) is 2. The Balaban J connectivity index is 2.08. The first kappa shape index (κ1) is 9.51. The summed E-state index contributed by atoms with van der Waals surface area (Å²) in [6.45, 7) is 0. The Morgan fingerprint density at radius 2 is 2.40 bits per heavy atom. The van der Waals surface area contributed by atoms with E-state index in [9.17, 15) is 4.79 Å². The van der Waals surface area contributed by atoms with Crippen LogP contribution in [-0.4, -0.2) is 26.3 Å². The molecule has 0 aliphatic rings. The Labute approximate surface area is 86.1 Å². The maximum Gasteiger partial charge on any atom is 0.303 e. The monoisotopic (exact) mass is 205 g/mol. The van der Waals surface area contributed by atoms with E-state index in [0.717, 1.165) is 17.0 Å². The zero-order valence-electron chi connectivity index (χ0n) is 8.03. The van der Waals surface area contributed by atoms with Gasteiger partial charge in [0.2, 0.25) is 0 Å². The van der Waals surface area contributed by atoms with Crippen LogP contribution in [0.2, 0.25) is 0 Å². The molecule has 2 heterocycles. The van der Waals surface area contributed by atoms with Gasteiger partial charge in [0.25, 0.3) is 0 Å². The first-order valence-corrected chi connectivity index (χ1v) is 4.65. The highest BCUT2D eigenvalue weighted by Gasteiger charge is 2.05. The normalized spacial score (nSPS) is 10.4. The molecule has 0 spiro atoms. The molecule has 0 fully saturated rings. The first-order valence-electron chi connectivity index (χ1n) is 4.65. The molecule has 78 valence electrons. The van der Waals surface area contributed by atoms with Gasteiger partial charge in [-0.2, -0.15) is 5.10 Å². The summed E-state index contributed by atoms with van der Waals surface area (Å²) in [5.74, 6) is -0.798. The predicted molar refractivity (Wildman–Crippen MR) is 54.3 cm³/mol. The zero-order chi connectivity index (χ0) is 10.7. The average molecular weight is 205 g/mol. The molecule has 0 radical (unpaired) electrons. The second-order valence-electron chi connectivity index (χ2n) is 3.27. The van der Waals surface area contributed by atoms with Crippen molar-refractivity contribution in [2.45, 2.75) is 12.8 Å². The average Bonchev–Trinajstić information content (AvgIpc) is 2.85. The lowest BCUT2D eigenvalue weighted by Crippen LogP contribution is -1.97. The fourth-order valence-electron chi connectivity index (χ4n) is 1.36. The van der Waals surface area contributed by atoms with Crippen molar-refractivity contribution in [3.05, 3.63) is 30.2 Å². The Hall–Kier alpha value is -2.04. The molecular formula is C10H11N3O2. The van der Waals surface area contributed by atoms with Crippen molar-refractivity contribution < 1.29 is 9.90 Å². The molecule has 0 unspecified atom stereocenters. The van der Waals surface area contributed by atoms with Crippen LogP contribution in [0, 0.1) is 0 Å². The first-order chi connectivity index (χ1) is 7.25. The third-order valence-corrected chi connectivity index (χ3v) is 2.13. The Kier molecular flexibility index (Phi) is 2.53. The van der Waals surface area contributed by atoms with Crippen LogP contribution in [0.3, 0.4) is 0 Å². The number of aryl methyl sites for hydroxylation is 1. The molecule has 3 N–H and O–H groups in total. The Morgan fingerprint density at radius 1 is 1.53 bits per heavy atom. The summed E-state index contributed by atoms with van der Waals surface area (Å²) in [6, 6.07) is 3.78. The van der Waals surface area contributed by atoms with Crippen molar-refractivity contribution in [2.75, 3.05) is 0 Å².